The van der Waals surface area contributed by atoms with Gasteiger partial charge in [-0.25, -0.2) is 4.98 Å². The molecule has 1 aromatic heterocycles. The lowest BCUT2D eigenvalue weighted by molar-refractivity contribution is -0.114. The van der Waals surface area contributed by atoms with Crippen molar-refractivity contribution in [1.82, 2.24) is 9.55 Å². The maximum absolute atomic E-state index is 12.7. The fraction of sp³-hybridized carbons (Fsp3) is 0.0625. The molecule has 3 rings (SSSR count). The highest BCUT2D eigenvalue weighted by molar-refractivity contribution is 6.07. The lowest BCUT2D eigenvalue weighted by atomic mass is 10.1. The normalized spacial score (nSPS) is 10.5. The number of carbonyl (C=O) groups excluding carboxylic acids is 2. The van der Waals surface area contributed by atoms with Gasteiger partial charge in [-0.1, -0.05) is 24.3 Å². The van der Waals surface area contributed by atoms with Crippen molar-refractivity contribution in [2.45, 2.75) is 6.92 Å². The van der Waals surface area contributed by atoms with E-state index in [4.69, 9.17) is 0 Å². The smallest absolute Gasteiger partial charge is 0.265 e. The highest BCUT2D eigenvalue weighted by Crippen LogP contribution is 2.19. The predicted octanol–water partition coefficient (Wildman–Crippen LogP) is 2.68. The summed E-state index contributed by atoms with van der Waals surface area (Å²) < 4.78 is 1.48. The van der Waals surface area contributed by atoms with E-state index in [1.54, 1.807) is 24.3 Å². The number of rotatable bonds is 2. The molecule has 0 unspecified atom stereocenters. The van der Waals surface area contributed by atoms with Crippen LogP contribution in [0.15, 0.2) is 54.9 Å². The molecule has 0 aliphatic carbocycles. The Bertz CT molecular complexity index is 836. The van der Waals surface area contributed by atoms with Crippen LogP contribution in [0.25, 0.3) is 11.0 Å². The quantitative estimate of drug-likeness (QED) is 0.784. The first-order chi connectivity index (χ1) is 10.2. The van der Waals surface area contributed by atoms with E-state index in [0.717, 1.165) is 11.0 Å². The number of nitrogens with zero attached hydrogens (tertiary/aromatic N) is 2. The van der Waals surface area contributed by atoms with Gasteiger partial charge in [0.25, 0.3) is 5.91 Å². The maximum atomic E-state index is 12.7. The highest BCUT2D eigenvalue weighted by Gasteiger charge is 2.16. The first kappa shape index (κ1) is 13.1. The van der Waals surface area contributed by atoms with Gasteiger partial charge in [0.05, 0.1) is 22.3 Å². The van der Waals surface area contributed by atoms with Crippen LogP contribution in [0, 0.1) is 0 Å². The third-order valence-electron chi connectivity index (χ3n) is 3.14. The number of nitrogens with one attached hydrogen (secondary N) is 1. The molecule has 0 fully saturated rings. The Balaban J connectivity index is 2.08. The standard InChI is InChI=1S/C16H13N3O2/c1-11(20)18-13-7-3-2-6-12(13)16(21)19-10-17-14-8-4-5-9-15(14)19/h2-10H,1H3,(H,18,20). The second-order valence-corrected chi connectivity index (χ2v) is 4.64. The van der Waals surface area contributed by atoms with Crippen molar-refractivity contribution >= 4 is 28.5 Å². The molecule has 0 radical (unpaired) electrons. The fourth-order valence-electron chi connectivity index (χ4n) is 2.22. The van der Waals surface area contributed by atoms with Gasteiger partial charge in [-0.3, -0.25) is 14.2 Å². The van der Waals surface area contributed by atoms with Gasteiger partial charge in [-0.15, -0.1) is 0 Å². The van der Waals surface area contributed by atoms with Crippen molar-refractivity contribution in [2.24, 2.45) is 0 Å². The van der Waals surface area contributed by atoms with Crippen LogP contribution in [0.2, 0.25) is 0 Å². The molecule has 1 amide bonds. The van der Waals surface area contributed by atoms with Gasteiger partial charge in [0.1, 0.15) is 6.33 Å². The van der Waals surface area contributed by atoms with E-state index in [0.29, 0.717) is 11.3 Å². The number of anilines is 1. The van der Waals surface area contributed by atoms with Crippen molar-refractivity contribution < 1.29 is 9.59 Å². The summed E-state index contributed by atoms with van der Waals surface area (Å²) in [5, 5.41) is 2.67. The number of imidazole rings is 1. The number of aromatic nitrogens is 2. The highest BCUT2D eigenvalue weighted by atomic mass is 16.2. The van der Waals surface area contributed by atoms with E-state index in [-0.39, 0.29) is 11.8 Å². The molecule has 0 spiro atoms. The molecule has 0 aliphatic heterocycles. The lowest BCUT2D eigenvalue weighted by Gasteiger charge is -2.09. The molecular weight excluding hydrogens is 266 g/mol. The summed E-state index contributed by atoms with van der Waals surface area (Å²) in [5.74, 6) is -0.446. The summed E-state index contributed by atoms with van der Waals surface area (Å²) in [7, 11) is 0. The molecule has 21 heavy (non-hydrogen) atoms. The minimum atomic E-state index is -0.229. The molecule has 0 saturated carbocycles. The molecule has 0 atom stereocenters. The Morgan fingerprint density at radius 1 is 1.05 bits per heavy atom. The molecular formula is C16H13N3O2. The van der Waals surface area contributed by atoms with E-state index >= 15 is 0 Å². The third-order valence-corrected chi connectivity index (χ3v) is 3.14. The summed E-state index contributed by atoms with van der Waals surface area (Å²) in [6.07, 6.45) is 1.50. The van der Waals surface area contributed by atoms with Gasteiger partial charge in [-0.2, -0.15) is 0 Å². The van der Waals surface area contributed by atoms with Crippen LogP contribution in [-0.2, 0) is 4.79 Å². The first-order valence-electron chi connectivity index (χ1n) is 6.50. The molecule has 104 valence electrons. The lowest BCUT2D eigenvalue weighted by Crippen LogP contribution is -2.15. The van der Waals surface area contributed by atoms with Crippen LogP contribution in [0.1, 0.15) is 17.3 Å². The van der Waals surface area contributed by atoms with Gasteiger partial charge in [0, 0.05) is 6.92 Å². The summed E-state index contributed by atoms with van der Waals surface area (Å²) in [5.41, 5.74) is 2.41. The largest absolute Gasteiger partial charge is 0.326 e. The number of fused-ring (bicyclic) bond motifs is 1. The molecule has 5 heteroatoms. The molecule has 2 aromatic carbocycles. The fourth-order valence-corrected chi connectivity index (χ4v) is 2.22. The van der Waals surface area contributed by atoms with Gasteiger partial charge in [0.2, 0.25) is 5.91 Å². The molecule has 3 aromatic rings. The van der Waals surface area contributed by atoms with E-state index in [1.165, 1.54) is 17.8 Å². The van der Waals surface area contributed by atoms with Gasteiger partial charge >= 0.3 is 0 Å². The number of hydrogen-bond acceptors (Lipinski definition) is 3. The van der Waals surface area contributed by atoms with Crippen LogP contribution < -0.4 is 5.32 Å². The summed E-state index contributed by atoms with van der Waals surface area (Å²) >= 11 is 0. The monoisotopic (exact) mass is 279 g/mol. The zero-order valence-electron chi connectivity index (χ0n) is 11.4. The average Bonchev–Trinajstić information content (AvgIpc) is 2.90. The Morgan fingerprint density at radius 3 is 2.57 bits per heavy atom. The Morgan fingerprint density at radius 2 is 1.76 bits per heavy atom. The van der Waals surface area contributed by atoms with Crippen molar-refractivity contribution in [3.63, 3.8) is 0 Å². The van der Waals surface area contributed by atoms with E-state index < -0.39 is 0 Å². The van der Waals surface area contributed by atoms with Crippen LogP contribution in [-0.4, -0.2) is 21.4 Å². The number of para-hydroxylation sites is 3. The minimum Gasteiger partial charge on any atom is -0.326 e. The molecule has 5 nitrogen and oxygen atoms in total. The van der Waals surface area contributed by atoms with E-state index in [1.807, 2.05) is 24.3 Å². The molecule has 1 N–H and O–H groups in total. The average molecular weight is 279 g/mol. The third kappa shape index (κ3) is 2.41. The van der Waals surface area contributed by atoms with E-state index in [9.17, 15) is 9.59 Å². The second kappa shape index (κ2) is 5.20. The second-order valence-electron chi connectivity index (χ2n) is 4.64. The van der Waals surface area contributed by atoms with Gasteiger partial charge in [0.15, 0.2) is 0 Å². The summed E-state index contributed by atoms with van der Waals surface area (Å²) in [6, 6.07) is 14.3. The van der Waals surface area contributed by atoms with Gasteiger partial charge < -0.3 is 5.32 Å². The van der Waals surface area contributed by atoms with Crippen molar-refractivity contribution in [3.8, 4) is 0 Å². The zero-order chi connectivity index (χ0) is 14.8. The maximum Gasteiger partial charge on any atom is 0.265 e. The van der Waals surface area contributed by atoms with Crippen LogP contribution >= 0.6 is 0 Å². The zero-order valence-corrected chi connectivity index (χ0v) is 11.4. The minimum absolute atomic E-state index is 0.217. The summed E-state index contributed by atoms with van der Waals surface area (Å²) in [4.78, 5) is 28.2. The predicted molar refractivity (Wildman–Crippen MR) is 80.2 cm³/mol. The molecule has 0 aliphatic rings. The summed E-state index contributed by atoms with van der Waals surface area (Å²) in [6.45, 7) is 1.41. The number of amides is 1. The number of benzene rings is 2. The molecule has 1 heterocycles. The first-order valence-corrected chi connectivity index (χ1v) is 6.50. The van der Waals surface area contributed by atoms with Crippen LogP contribution in [0.3, 0.4) is 0 Å². The molecule has 0 bridgehead atoms. The SMILES string of the molecule is CC(=O)Nc1ccccc1C(=O)n1cnc2ccccc21. The van der Waals surface area contributed by atoms with Gasteiger partial charge in [-0.05, 0) is 24.3 Å². The van der Waals surface area contributed by atoms with Crippen LogP contribution in [0.5, 0.6) is 0 Å². The molecule has 0 saturated heterocycles. The number of hydrogen-bond donors (Lipinski definition) is 1. The topological polar surface area (TPSA) is 64.0 Å². The van der Waals surface area contributed by atoms with Crippen molar-refractivity contribution in [2.75, 3.05) is 5.32 Å². The van der Waals surface area contributed by atoms with Crippen molar-refractivity contribution in [3.05, 3.63) is 60.4 Å². The Hall–Kier alpha value is -2.95. The van der Waals surface area contributed by atoms with Crippen LogP contribution in [0.4, 0.5) is 5.69 Å². The number of carbonyl (C=O) groups is 2. The van der Waals surface area contributed by atoms with E-state index in [2.05, 4.69) is 10.3 Å². The Labute approximate surface area is 121 Å². The Kier molecular flexibility index (Phi) is 3.23. The van der Waals surface area contributed by atoms with Crippen molar-refractivity contribution in [1.29, 1.82) is 0 Å².